The molecule has 7 heavy (non-hydrogen) atoms. The van der Waals surface area contributed by atoms with Gasteiger partial charge in [0.25, 0.3) is 0 Å². The Morgan fingerprint density at radius 2 is 2.57 bits per heavy atom. The van der Waals surface area contributed by atoms with E-state index in [4.69, 9.17) is 0 Å². The van der Waals surface area contributed by atoms with Gasteiger partial charge in [-0.3, -0.25) is 0 Å². The standard InChI is InChI=1S/C3H5NO2S/c1-2-5-6-4-3-7/h2H2,1H3. The minimum Gasteiger partial charge on any atom is -0.211 e. The molecule has 0 aliphatic rings. The molecule has 4 heteroatoms. The lowest BCUT2D eigenvalue weighted by molar-refractivity contribution is -0.291. The minimum absolute atomic E-state index is 0.459. The first-order valence-electron chi connectivity index (χ1n) is 1.77. The highest BCUT2D eigenvalue weighted by atomic mass is 32.1. The van der Waals surface area contributed by atoms with Crippen molar-refractivity contribution in [3.05, 3.63) is 0 Å². The van der Waals surface area contributed by atoms with Crippen molar-refractivity contribution < 1.29 is 9.88 Å². The van der Waals surface area contributed by atoms with Crippen LogP contribution in [0, 0.1) is 0 Å². The van der Waals surface area contributed by atoms with Crippen molar-refractivity contribution in [1.82, 2.24) is 0 Å². The summed E-state index contributed by atoms with van der Waals surface area (Å²) in [5.41, 5.74) is 0. The highest BCUT2D eigenvalue weighted by Crippen LogP contribution is 1.73. The van der Waals surface area contributed by atoms with Crippen molar-refractivity contribution in [1.29, 1.82) is 0 Å². The second-order valence-electron chi connectivity index (χ2n) is 0.664. The molecule has 0 radical (unpaired) electrons. The van der Waals surface area contributed by atoms with E-state index in [1.165, 1.54) is 0 Å². The molecule has 0 aromatic rings. The van der Waals surface area contributed by atoms with Crippen LogP contribution in [-0.4, -0.2) is 11.8 Å². The lowest BCUT2D eigenvalue weighted by atomic mass is 10.9. The first-order chi connectivity index (χ1) is 3.41. The number of isothiocyanates is 1. The number of nitrogens with zero attached hydrogens (tertiary/aromatic N) is 1. The van der Waals surface area contributed by atoms with E-state index in [9.17, 15) is 0 Å². The van der Waals surface area contributed by atoms with Crippen molar-refractivity contribution in [2.24, 2.45) is 5.16 Å². The molecule has 0 atom stereocenters. The van der Waals surface area contributed by atoms with E-state index in [1.807, 2.05) is 5.16 Å². The summed E-state index contributed by atoms with van der Waals surface area (Å²) in [6.45, 7) is 2.24. The summed E-state index contributed by atoms with van der Waals surface area (Å²) >= 11 is 4.14. The largest absolute Gasteiger partial charge is 0.211 e. The van der Waals surface area contributed by atoms with Gasteiger partial charge >= 0.3 is 0 Å². The molecule has 0 aliphatic heterocycles. The van der Waals surface area contributed by atoms with Gasteiger partial charge in [0, 0.05) is 5.16 Å². The van der Waals surface area contributed by atoms with Gasteiger partial charge in [-0.15, -0.1) is 0 Å². The summed E-state index contributed by atoms with van der Waals surface area (Å²) in [5.74, 6) is 0. The van der Waals surface area contributed by atoms with Gasteiger partial charge in [-0.2, -0.15) is 4.89 Å². The molecular formula is C3H5NO2S. The van der Waals surface area contributed by atoms with Crippen LogP contribution in [0.5, 0.6) is 0 Å². The summed E-state index contributed by atoms with van der Waals surface area (Å²) in [6.07, 6.45) is 0. The lowest BCUT2D eigenvalue weighted by Crippen LogP contribution is -1.83. The van der Waals surface area contributed by atoms with E-state index in [0.29, 0.717) is 6.61 Å². The molecule has 0 unspecified atom stereocenters. The highest BCUT2D eigenvalue weighted by molar-refractivity contribution is 7.78. The first-order valence-corrected chi connectivity index (χ1v) is 2.18. The second-order valence-corrected chi connectivity index (χ2v) is 0.846. The Labute approximate surface area is 46.8 Å². The Morgan fingerprint density at radius 1 is 1.86 bits per heavy atom. The number of thiocarbonyl (C=S) groups is 1. The van der Waals surface area contributed by atoms with E-state index in [-0.39, 0.29) is 0 Å². The molecule has 0 aliphatic carbocycles. The molecule has 0 rings (SSSR count). The van der Waals surface area contributed by atoms with Crippen LogP contribution in [0.3, 0.4) is 0 Å². The van der Waals surface area contributed by atoms with Crippen molar-refractivity contribution in [3.63, 3.8) is 0 Å². The molecule has 0 N–H and O–H groups in total. The monoisotopic (exact) mass is 119 g/mol. The van der Waals surface area contributed by atoms with E-state index in [0.717, 1.165) is 0 Å². The maximum absolute atomic E-state index is 4.28. The van der Waals surface area contributed by atoms with Crippen LogP contribution >= 0.6 is 12.2 Å². The van der Waals surface area contributed by atoms with E-state index >= 15 is 0 Å². The Kier molecular flexibility index (Phi) is 5.21. The van der Waals surface area contributed by atoms with Crippen LogP contribution in [0.25, 0.3) is 0 Å². The Morgan fingerprint density at radius 3 is 3.00 bits per heavy atom. The number of hydrogen-bond donors (Lipinski definition) is 0. The summed E-state index contributed by atoms with van der Waals surface area (Å²) in [4.78, 5) is 8.32. The van der Waals surface area contributed by atoms with Gasteiger partial charge in [0.05, 0.1) is 6.61 Å². The van der Waals surface area contributed by atoms with E-state index in [1.54, 1.807) is 6.92 Å². The SMILES string of the molecule is CCOON=C=S. The fraction of sp³-hybridized carbons (Fsp3) is 0.667. The molecule has 0 saturated carbocycles. The summed E-state index contributed by atoms with van der Waals surface area (Å²) in [7, 11) is 0. The van der Waals surface area contributed by atoms with Crippen molar-refractivity contribution >= 4 is 17.4 Å². The van der Waals surface area contributed by atoms with Gasteiger partial charge in [-0.25, -0.2) is 4.99 Å². The van der Waals surface area contributed by atoms with Gasteiger partial charge in [-0.1, -0.05) is 0 Å². The van der Waals surface area contributed by atoms with Crippen molar-refractivity contribution in [2.75, 3.05) is 6.61 Å². The average Bonchev–Trinajstić information content (AvgIpc) is 1.69. The van der Waals surface area contributed by atoms with Crippen molar-refractivity contribution in [3.8, 4) is 0 Å². The normalized spacial score (nSPS) is 7.00. The fourth-order valence-electron chi connectivity index (χ4n) is 0.0943. The fourth-order valence-corrected chi connectivity index (χ4v) is 0.125. The van der Waals surface area contributed by atoms with Gasteiger partial charge in [0.2, 0.25) is 0 Å². The minimum atomic E-state index is 0.459. The van der Waals surface area contributed by atoms with Gasteiger partial charge in [0.15, 0.2) is 0 Å². The lowest BCUT2D eigenvalue weighted by Gasteiger charge is -1.86. The maximum atomic E-state index is 4.28. The number of rotatable bonds is 3. The highest BCUT2D eigenvalue weighted by Gasteiger charge is 1.70. The van der Waals surface area contributed by atoms with Crippen LogP contribution < -0.4 is 0 Å². The van der Waals surface area contributed by atoms with E-state index in [2.05, 4.69) is 27.2 Å². The molecule has 0 aromatic carbocycles. The summed E-state index contributed by atoms with van der Waals surface area (Å²) in [6, 6.07) is 0. The molecule has 0 bridgehead atoms. The van der Waals surface area contributed by atoms with E-state index < -0.39 is 0 Å². The Hall–Kier alpha value is -0.440. The zero-order chi connectivity index (χ0) is 5.54. The topological polar surface area (TPSA) is 30.8 Å². The molecule has 40 valence electrons. The zero-order valence-corrected chi connectivity index (χ0v) is 4.70. The van der Waals surface area contributed by atoms with Crippen LogP contribution in [0.4, 0.5) is 0 Å². The third-order valence-electron chi connectivity index (χ3n) is 0.245. The molecule has 0 saturated heterocycles. The maximum Gasteiger partial charge on any atom is 0.109 e. The van der Waals surface area contributed by atoms with Crippen LogP contribution in [-0.2, 0) is 9.88 Å². The molecule has 0 heterocycles. The Balaban J connectivity index is 2.83. The van der Waals surface area contributed by atoms with Crippen molar-refractivity contribution in [2.45, 2.75) is 6.92 Å². The predicted molar refractivity (Wildman–Crippen MR) is 27.7 cm³/mol. The van der Waals surface area contributed by atoms with Gasteiger partial charge in [-0.05, 0) is 19.1 Å². The Bertz CT molecular complexity index is 79.0. The average molecular weight is 119 g/mol. The molecule has 0 fully saturated rings. The third-order valence-corrected chi connectivity index (χ3v) is 0.320. The van der Waals surface area contributed by atoms with Gasteiger partial charge < -0.3 is 0 Å². The third kappa shape index (κ3) is 5.56. The molecule has 0 amide bonds. The molecular weight excluding hydrogens is 114 g/mol. The zero-order valence-electron chi connectivity index (χ0n) is 3.88. The smallest absolute Gasteiger partial charge is 0.109 e. The molecule has 0 aromatic heterocycles. The van der Waals surface area contributed by atoms with Crippen LogP contribution in [0.1, 0.15) is 6.92 Å². The molecule has 0 spiro atoms. The van der Waals surface area contributed by atoms with Gasteiger partial charge in [0.1, 0.15) is 5.16 Å². The summed E-state index contributed by atoms with van der Waals surface area (Å²) in [5, 5.41) is 4.97. The number of hydrogen-bond acceptors (Lipinski definition) is 4. The summed E-state index contributed by atoms with van der Waals surface area (Å²) < 4.78 is 0. The first kappa shape index (κ1) is 6.56. The quantitative estimate of drug-likeness (QED) is 0.182. The predicted octanol–water partition coefficient (Wildman–Crippen LogP) is 0.972. The van der Waals surface area contributed by atoms with Crippen LogP contribution in [0.15, 0.2) is 5.16 Å². The second kappa shape index (κ2) is 5.56. The molecule has 3 nitrogen and oxygen atoms in total. The van der Waals surface area contributed by atoms with Crippen LogP contribution in [0.2, 0.25) is 0 Å².